The highest BCUT2D eigenvalue weighted by atomic mass is 19.1. The largest absolute Gasteiger partial charge is 0.457 e. The van der Waals surface area contributed by atoms with E-state index in [1.165, 1.54) is 48.7 Å². The highest BCUT2D eigenvalue weighted by Crippen LogP contribution is 2.47. The van der Waals surface area contributed by atoms with Crippen molar-refractivity contribution in [3.8, 4) is 11.5 Å². The Bertz CT molecular complexity index is 1360. The highest BCUT2D eigenvalue weighted by Gasteiger charge is 2.56. The van der Waals surface area contributed by atoms with Crippen LogP contribution in [0, 0.1) is 17.0 Å². The standard InChI is InChI=1S/C26H23F2N5O4/c27-16-2-4-17(5-3-16)30-23(34)26(9-10-26)24(35)31-21-7-6-18(14-20(21)28)37-19-8-11-29-22(15-19)32-25(36)33-12-1-13-33/h2-8,11,14-15H,1,9-10,12-13H2,(H,30,34)(H,31,35)(H,29,32,36). The first kappa shape index (κ1) is 24.2. The number of pyridine rings is 1. The lowest BCUT2D eigenvalue weighted by molar-refractivity contribution is -0.131. The Morgan fingerprint density at radius 2 is 1.57 bits per heavy atom. The number of carbonyl (C=O) groups excluding carboxylic acids is 3. The van der Waals surface area contributed by atoms with Gasteiger partial charge in [-0.05, 0) is 61.7 Å². The maximum absolute atomic E-state index is 14.8. The third kappa shape index (κ3) is 5.35. The molecule has 1 aromatic heterocycles. The van der Waals surface area contributed by atoms with Crippen LogP contribution < -0.4 is 20.7 Å². The zero-order valence-electron chi connectivity index (χ0n) is 19.6. The second kappa shape index (κ2) is 9.84. The molecule has 4 amide bonds. The van der Waals surface area contributed by atoms with Crippen LogP contribution in [0.5, 0.6) is 11.5 Å². The van der Waals surface area contributed by atoms with Gasteiger partial charge in [-0.15, -0.1) is 0 Å². The minimum absolute atomic E-state index is 0.101. The quantitative estimate of drug-likeness (QED) is 0.400. The molecule has 0 spiro atoms. The smallest absolute Gasteiger partial charge is 0.323 e. The van der Waals surface area contributed by atoms with Crippen molar-refractivity contribution < 1.29 is 27.9 Å². The number of anilines is 3. The first-order valence-electron chi connectivity index (χ1n) is 11.7. The molecule has 1 aliphatic carbocycles. The minimum atomic E-state index is -1.32. The fraction of sp³-hybridized carbons (Fsp3) is 0.231. The fourth-order valence-corrected chi connectivity index (χ4v) is 3.76. The van der Waals surface area contributed by atoms with Crippen LogP contribution >= 0.6 is 0 Å². The van der Waals surface area contributed by atoms with Crippen molar-refractivity contribution in [1.82, 2.24) is 9.88 Å². The van der Waals surface area contributed by atoms with Crippen LogP contribution in [0.1, 0.15) is 19.3 Å². The molecule has 1 saturated carbocycles. The van der Waals surface area contributed by atoms with Crippen LogP contribution in [0.4, 0.5) is 30.8 Å². The zero-order chi connectivity index (χ0) is 26.0. The number of amides is 4. The number of likely N-dealkylation sites (tertiary alicyclic amines) is 1. The summed E-state index contributed by atoms with van der Waals surface area (Å²) in [6.45, 7) is 1.40. The van der Waals surface area contributed by atoms with E-state index >= 15 is 0 Å². The monoisotopic (exact) mass is 507 g/mol. The first-order valence-corrected chi connectivity index (χ1v) is 11.7. The molecular weight excluding hydrogens is 484 g/mol. The molecule has 3 aromatic rings. The number of rotatable bonds is 7. The van der Waals surface area contributed by atoms with Gasteiger partial charge >= 0.3 is 6.03 Å². The topological polar surface area (TPSA) is 113 Å². The summed E-state index contributed by atoms with van der Waals surface area (Å²) < 4.78 is 33.6. The normalized spacial score (nSPS) is 15.2. The third-order valence-electron chi connectivity index (χ3n) is 6.26. The molecule has 9 nitrogen and oxygen atoms in total. The zero-order valence-corrected chi connectivity index (χ0v) is 19.6. The summed E-state index contributed by atoms with van der Waals surface area (Å²) in [6, 6.07) is 11.9. The number of benzene rings is 2. The third-order valence-corrected chi connectivity index (χ3v) is 6.26. The number of hydrogen-bond acceptors (Lipinski definition) is 5. The van der Waals surface area contributed by atoms with Gasteiger partial charge in [0.1, 0.15) is 34.4 Å². The van der Waals surface area contributed by atoms with Crippen molar-refractivity contribution >= 4 is 35.0 Å². The predicted octanol–water partition coefficient (Wildman–Crippen LogP) is 4.75. The van der Waals surface area contributed by atoms with E-state index < -0.39 is 28.9 Å². The van der Waals surface area contributed by atoms with Gasteiger partial charge in [-0.25, -0.2) is 18.6 Å². The molecule has 2 heterocycles. The molecule has 5 rings (SSSR count). The lowest BCUT2D eigenvalue weighted by atomic mass is 10.0. The minimum Gasteiger partial charge on any atom is -0.457 e. The summed E-state index contributed by atoms with van der Waals surface area (Å²) in [4.78, 5) is 43.3. The SMILES string of the molecule is O=C(Nc1cc(Oc2ccc(NC(=O)C3(C(=O)Nc4ccc(F)cc4)CC3)c(F)c2)ccn1)N1CCC1. The molecule has 1 aliphatic heterocycles. The molecule has 2 aromatic carbocycles. The lowest BCUT2D eigenvalue weighted by Crippen LogP contribution is -2.44. The Morgan fingerprint density at radius 3 is 2.22 bits per heavy atom. The van der Waals surface area contributed by atoms with Gasteiger partial charge in [0, 0.05) is 37.1 Å². The second-order valence-corrected chi connectivity index (χ2v) is 8.89. The van der Waals surface area contributed by atoms with E-state index in [4.69, 9.17) is 4.74 Å². The summed E-state index contributed by atoms with van der Waals surface area (Å²) in [6.07, 6.45) is 3.05. The van der Waals surface area contributed by atoms with Crippen LogP contribution in [-0.4, -0.2) is 40.8 Å². The van der Waals surface area contributed by atoms with E-state index in [-0.39, 0.29) is 17.5 Å². The van der Waals surface area contributed by atoms with Crippen LogP contribution in [-0.2, 0) is 9.59 Å². The Balaban J connectivity index is 1.21. The molecule has 0 atom stereocenters. The molecule has 11 heteroatoms. The Hall–Kier alpha value is -4.54. The number of hydrogen-bond donors (Lipinski definition) is 3. The molecule has 3 N–H and O–H groups in total. The number of urea groups is 1. The van der Waals surface area contributed by atoms with Gasteiger partial charge in [0.2, 0.25) is 11.8 Å². The van der Waals surface area contributed by atoms with Crippen LogP contribution in [0.25, 0.3) is 0 Å². The van der Waals surface area contributed by atoms with Crippen molar-refractivity contribution in [3.05, 3.63) is 72.4 Å². The van der Waals surface area contributed by atoms with Crippen LogP contribution in [0.3, 0.4) is 0 Å². The predicted molar refractivity (Wildman–Crippen MR) is 131 cm³/mol. The highest BCUT2D eigenvalue weighted by molar-refractivity contribution is 6.16. The van der Waals surface area contributed by atoms with Gasteiger partial charge in [0.15, 0.2) is 0 Å². The van der Waals surface area contributed by atoms with Crippen molar-refractivity contribution in [2.75, 3.05) is 29.0 Å². The number of aromatic nitrogens is 1. The van der Waals surface area contributed by atoms with Crippen molar-refractivity contribution in [3.63, 3.8) is 0 Å². The molecule has 1 saturated heterocycles. The Kier molecular flexibility index (Phi) is 6.43. The molecule has 0 bridgehead atoms. The Morgan fingerprint density at radius 1 is 0.865 bits per heavy atom. The van der Waals surface area contributed by atoms with Gasteiger partial charge in [-0.1, -0.05) is 0 Å². The van der Waals surface area contributed by atoms with Gasteiger partial charge in [-0.2, -0.15) is 0 Å². The number of halogens is 2. The number of carbonyl (C=O) groups is 3. The van der Waals surface area contributed by atoms with Crippen molar-refractivity contribution in [1.29, 1.82) is 0 Å². The first-order chi connectivity index (χ1) is 17.8. The molecule has 0 unspecified atom stereocenters. The van der Waals surface area contributed by atoms with E-state index in [1.807, 2.05) is 0 Å². The van der Waals surface area contributed by atoms with Gasteiger partial charge < -0.3 is 20.3 Å². The molecule has 2 aliphatic rings. The average molecular weight is 507 g/mol. The molecule has 37 heavy (non-hydrogen) atoms. The van der Waals surface area contributed by atoms with E-state index in [0.29, 0.717) is 43.2 Å². The van der Waals surface area contributed by atoms with E-state index in [9.17, 15) is 23.2 Å². The van der Waals surface area contributed by atoms with E-state index in [0.717, 1.165) is 12.5 Å². The van der Waals surface area contributed by atoms with Crippen LogP contribution in [0.2, 0.25) is 0 Å². The number of nitrogens with zero attached hydrogens (tertiary/aromatic N) is 2. The molecule has 190 valence electrons. The maximum atomic E-state index is 14.8. The van der Waals surface area contributed by atoms with Crippen molar-refractivity contribution in [2.24, 2.45) is 5.41 Å². The lowest BCUT2D eigenvalue weighted by Gasteiger charge is -2.30. The average Bonchev–Trinajstić information content (AvgIpc) is 3.64. The number of ether oxygens (including phenoxy) is 1. The Labute approximate surface area is 210 Å². The van der Waals surface area contributed by atoms with Gasteiger partial charge in [-0.3, -0.25) is 14.9 Å². The summed E-state index contributed by atoms with van der Waals surface area (Å²) >= 11 is 0. The van der Waals surface area contributed by atoms with E-state index in [1.54, 1.807) is 11.0 Å². The summed E-state index contributed by atoms with van der Waals surface area (Å²) in [5, 5.41) is 7.77. The van der Waals surface area contributed by atoms with Gasteiger partial charge in [0.25, 0.3) is 0 Å². The summed E-state index contributed by atoms with van der Waals surface area (Å²) in [5.74, 6) is -1.56. The summed E-state index contributed by atoms with van der Waals surface area (Å²) in [5.41, 5.74) is -1.06. The summed E-state index contributed by atoms with van der Waals surface area (Å²) in [7, 11) is 0. The molecular formula is C26H23F2N5O4. The fourth-order valence-electron chi connectivity index (χ4n) is 3.76. The van der Waals surface area contributed by atoms with E-state index in [2.05, 4.69) is 20.9 Å². The van der Waals surface area contributed by atoms with Crippen molar-refractivity contribution in [2.45, 2.75) is 19.3 Å². The van der Waals surface area contributed by atoms with Gasteiger partial charge in [0.05, 0.1) is 5.69 Å². The second-order valence-electron chi connectivity index (χ2n) is 8.89. The maximum Gasteiger partial charge on any atom is 0.323 e. The van der Waals surface area contributed by atoms with Crippen LogP contribution in [0.15, 0.2) is 60.8 Å². The number of nitrogens with one attached hydrogen (secondary N) is 3. The molecule has 0 radical (unpaired) electrons. The molecule has 2 fully saturated rings.